The van der Waals surface area contributed by atoms with Crippen molar-refractivity contribution in [3.05, 3.63) is 47.8 Å². The molecule has 0 spiro atoms. The van der Waals surface area contributed by atoms with Gasteiger partial charge in [0, 0.05) is 24.5 Å². The van der Waals surface area contributed by atoms with Crippen molar-refractivity contribution in [2.45, 2.75) is 39.3 Å². The molecule has 1 aliphatic heterocycles. The number of anilines is 2. The molecule has 0 radical (unpaired) electrons. The highest BCUT2D eigenvalue weighted by molar-refractivity contribution is 6.06. The summed E-state index contributed by atoms with van der Waals surface area (Å²) in [5.74, 6) is 0.0354. The number of carbonyl (C=O) groups excluding carboxylic acids is 1. The quantitative estimate of drug-likeness (QED) is 0.921. The fourth-order valence-electron chi connectivity index (χ4n) is 3.09. The molecule has 1 amide bonds. The van der Waals surface area contributed by atoms with Crippen LogP contribution in [0.5, 0.6) is 0 Å². The molecule has 1 unspecified atom stereocenters. The Bertz CT molecular complexity index is 674. The monoisotopic (exact) mass is 283 g/mol. The Morgan fingerprint density at radius 1 is 1.38 bits per heavy atom. The van der Waals surface area contributed by atoms with Crippen LogP contribution in [0.2, 0.25) is 0 Å². The number of rotatable bonds is 2. The lowest BCUT2D eigenvalue weighted by Crippen LogP contribution is -2.42. The first-order valence-corrected chi connectivity index (χ1v) is 7.49. The molecule has 0 aliphatic carbocycles. The summed E-state index contributed by atoms with van der Waals surface area (Å²) in [7, 11) is 0. The van der Waals surface area contributed by atoms with Gasteiger partial charge in [0.1, 0.15) is 5.69 Å². The maximum atomic E-state index is 13.0. The highest BCUT2D eigenvalue weighted by Gasteiger charge is 2.30. The molecule has 4 nitrogen and oxygen atoms in total. The van der Waals surface area contributed by atoms with Crippen LogP contribution < -0.4 is 10.6 Å². The summed E-state index contributed by atoms with van der Waals surface area (Å²) in [6.07, 6.45) is 3.84. The van der Waals surface area contributed by atoms with Crippen molar-refractivity contribution in [3.8, 4) is 0 Å². The molecule has 2 heterocycles. The minimum atomic E-state index is 0.0354. The molecule has 2 aromatic rings. The number of hydrogen-bond donors (Lipinski definition) is 1. The van der Waals surface area contributed by atoms with Crippen LogP contribution in [0.15, 0.2) is 36.5 Å². The molecule has 0 bridgehead atoms. The number of aromatic nitrogens is 1. The number of carbonyl (C=O) groups is 1. The second-order valence-corrected chi connectivity index (χ2v) is 5.64. The van der Waals surface area contributed by atoms with Crippen LogP contribution in [-0.4, -0.2) is 16.5 Å². The number of fused-ring (bicyclic) bond motifs is 1. The minimum absolute atomic E-state index is 0.0354. The predicted molar refractivity (Wildman–Crippen MR) is 85.6 cm³/mol. The third kappa shape index (κ3) is 2.31. The first-order valence-electron chi connectivity index (χ1n) is 7.49. The summed E-state index contributed by atoms with van der Waals surface area (Å²) in [5, 5.41) is 0. The van der Waals surface area contributed by atoms with Gasteiger partial charge in [-0.2, -0.15) is 0 Å². The number of aryl methyl sites for hydroxylation is 2. The van der Waals surface area contributed by atoms with E-state index in [0.29, 0.717) is 11.4 Å². The normalized spacial score (nSPS) is 17.6. The van der Waals surface area contributed by atoms with E-state index in [4.69, 9.17) is 5.73 Å². The molecule has 1 atom stereocenters. The number of amides is 1. The Morgan fingerprint density at radius 3 is 2.90 bits per heavy atom. The molecule has 110 valence electrons. The van der Waals surface area contributed by atoms with Gasteiger partial charge in [-0.3, -0.25) is 4.79 Å². The Morgan fingerprint density at radius 2 is 2.14 bits per heavy atom. The van der Waals surface area contributed by atoms with Gasteiger partial charge in [-0.1, -0.05) is 18.2 Å². The van der Waals surface area contributed by atoms with Crippen LogP contribution in [0.25, 0.3) is 0 Å². The summed E-state index contributed by atoms with van der Waals surface area (Å²) < 4.78 is 1.92. The van der Waals surface area contributed by atoms with Crippen molar-refractivity contribution >= 4 is 17.3 Å². The van der Waals surface area contributed by atoms with Crippen molar-refractivity contribution in [2.24, 2.45) is 0 Å². The van der Waals surface area contributed by atoms with Crippen LogP contribution in [0.4, 0.5) is 11.4 Å². The molecule has 1 aromatic carbocycles. The average molecular weight is 283 g/mol. The lowest BCUT2D eigenvalue weighted by atomic mass is 9.96. The van der Waals surface area contributed by atoms with E-state index in [1.54, 1.807) is 6.07 Å². The smallest absolute Gasteiger partial charge is 0.275 e. The highest BCUT2D eigenvalue weighted by Crippen LogP contribution is 2.32. The van der Waals surface area contributed by atoms with Gasteiger partial charge >= 0.3 is 0 Å². The molecule has 4 heteroatoms. The van der Waals surface area contributed by atoms with Crippen LogP contribution in [0.1, 0.15) is 36.3 Å². The Labute approximate surface area is 125 Å². The van der Waals surface area contributed by atoms with Crippen LogP contribution in [-0.2, 0) is 13.0 Å². The molecule has 1 aromatic heterocycles. The highest BCUT2D eigenvalue weighted by atomic mass is 16.2. The second-order valence-electron chi connectivity index (χ2n) is 5.64. The van der Waals surface area contributed by atoms with E-state index in [9.17, 15) is 4.79 Å². The largest absolute Gasteiger partial charge is 0.397 e. The summed E-state index contributed by atoms with van der Waals surface area (Å²) in [4.78, 5) is 14.9. The molecule has 0 saturated heterocycles. The summed E-state index contributed by atoms with van der Waals surface area (Å²) in [6.45, 7) is 4.86. The van der Waals surface area contributed by atoms with Gasteiger partial charge in [0.05, 0.1) is 5.69 Å². The standard InChI is InChI=1S/C17H21N3O/c1-3-19-11-14(18)10-16(19)17(21)20-12(2)8-9-13-6-4-5-7-15(13)20/h4-7,10-12H,3,8-9,18H2,1-2H3. The Kier molecular flexibility index (Phi) is 3.45. The van der Waals surface area contributed by atoms with Crippen molar-refractivity contribution in [2.75, 3.05) is 10.6 Å². The number of nitrogens with zero attached hydrogens (tertiary/aromatic N) is 2. The van der Waals surface area contributed by atoms with Crippen molar-refractivity contribution in [1.82, 2.24) is 4.57 Å². The first kappa shape index (κ1) is 13.7. The zero-order chi connectivity index (χ0) is 15.0. The topological polar surface area (TPSA) is 51.3 Å². The SMILES string of the molecule is CCn1cc(N)cc1C(=O)N1c2ccccc2CCC1C. The van der Waals surface area contributed by atoms with E-state index in [1.165, 1.54) is 5.56 Å². The van der Waals surface area contributed by atoms with Gasteiger partial charge in [0.2, 0.25) is 0 Å². The summed E-state index contributed by atoms with van der Waals surface area (Å²) in [5.41, 5.74) is 9.44. The van der Waals surface area contributed by atoms with E-state index >= 15 is 0 Å². The molecule has 0 fully saturated rings. The van der Waals surface area contributed by atoms with E-state index in [2.05, 4.69) is 13.0 Å². The minimum Gasteiger partial charge on any atom is -0.397 e. The number of benzene rings is 1. The third-order valence-electron chi connectivity index (χ3n) is 4.22. The fourth-order valence-corrected chi connectivity index (χ4v) is 3.09. The van der Waals surface area contributed by atoms with Gasteiger partial charge in [-0.15, -0.1) is 0 Å². The Hall–Kier alpha value is -2.23. The zero-order valence-corrected chi connectivity index (χ0v) is 12.5. The maximum Gasteiger partial charge on any atom is 0.275 e. The number of nitrogen functional groups attached to an aromatic ring is 1. The number of para-hydroxylation sites is 1. The van der Waals surface area contributed by atoms with Gasteiger partial charge in [-0.05, 0) is 44.4 Å². The third-order valence-corrected chi connectivity index (χ3v) is 4.22. The summed E-state index contributed by atoms with van der Waals surface area (Å²) in [6, 6.07) is 10.1. The molecule has 21 heavy (non-hydrogen) atoms. The second kappa shape index (κ2) is 5.28. The number of nitrogens with two attached hydrogens (primary N) is 1. The molecule has 1 aliphatic rings. The molecule has 3 rings (SSSR count). The molecule has 2 N–H and O–H groups in total. The fraction of sp³-hybridized carbons (Fsp3) is 0.353. The Balaban J connectivity index is 2.04. The lowest BCUT2D eigenvalue weighted by Gasteiger charge is -2.35. The van der Waals surface area contributed by atoms with E-state index in [1.807, 2.05) is 40.8 Å². The van der Waals surface area contributed by atoms with E-state index in [-0.39, 0.29) is 11.9 Å². The molecular weight excluding hydrogens is 262 g/mol. The zero-order valence-electron chi connectivity index (χ0n) is 12.5. The molecule has 0 saturated carbocycles. The van der Waals surface area contributed by atoms with E-state index in [0.717, 1.165) is 25.1 Å². The van der Waals surface area contributed by atoms with Crippen LogP contribution in [0, 0.1) is 0 Å². The lowest BCUT2D eigenvalue weighted by molar-refractivity contribution is 0.0966. The molecular formula is C17H21N3O. The maximum absolute atomic E-state index is 13.0. The van der Waals surface area contributed by atoms with Crippen LogP contribution in [0.3, 0.4) is 0 Å². The van der Waals surface area contributed by atoms with E-state index < -0.39 is 0 Å². The van der Waals surface area contributed by atoms with Crippen molar-refractivity contribution in [1.29, 1.82) is 0 Å². The number of hydrogen-bond acceptors (Lipinski definition) is 2. The van der Waals surface area contributed by atoms with Gasteiger partial charge < -0.3 is 15.2 Å². The average Bonchev–Trinajstić information content (AvgIpc) is 2.87. The summed E-state index contributed by atoms with van der Waals surface area (Å²) >= 11 is 0. The van der Waals surface area contributed by atoms with Gasteiger partial charge in [0.15, 0.2) is 0 Å². The first-order chi connectivity index (χ1) is 10.1. The van der Waals surface area contributed by atoms with Crippen LogP contribution >= 0.6 is 0 Å². The van der Waals surface area contributed by atoms with Gasteiger partial charge in [-0.25, -0.2) is 0 Å². The van der Waals surface area contributed by atoms with Crippen molar-refractivity contribution in [3.63, 3.8) is 0 Å². The van der Waals surface area contributed by atoms with Crippen molar-refractivity contribution < 1.29 is 4.79 Å². The van der Waals surface area contributed by atoms with Gasteiger partial charge in [0.25, 0.3) is 5.91 Å². The predicted octanol–water partition coefficient (Wildman–Crippen LogP) is 3.07.